The maximum atomic E-state index is 13.5. The first-order valence-electron chi connectivity index (χ1n) is 6.32. The molecule has 2 rings (SSSR count). The Balaban J connectivity index is 2.38. The number of piperidine rings is 1. The Bertz CT molecular complexity index is 562. The average molecular weight is 282 g/mol. The molecule has 0 bridgehead atoms. The highest BCUT2D eigenvalue weighted by atomic mass is 19.1. The van der Waals surface area contributed by atoms with E-state index in [0.717, 1.165) is 6.07 Å². The summed E-state index contributed by atoms with van der Waals surface area (Å²) in [5.41, 5.74) is 0.280. The molecule has 1 heterocycles. The fourth-order valence-corrected chi connectivity index (χ4v) is 2.45. The van der Waals surface area contributed by atoms with Crippen LogP contribution in [0.15, 0.2) is 12.1 Å². The summed E-state index contributed by atoms with van der Waals surface area (Å²) >= 11 is 0. The van der Waals surface area contributed by atoms with E-state index in [2.05, 4.69) is 0 Å². The highest BCUT2D eigenvalue weighted by Crippen LogP contribution is 2.33. The first kappa shape index (κ1) is 14.2. The van der Waals surface area contributed by atoms with E-state index in [-0.39, 0.29) is 12.2 Å². The molecule has 108 valence electrons. The van der Waals surface area contributed by atoms with Crippen molar-refractivity contribution in [1.29, 1.82) is 0 Å². The molecule has 1 saturated heterocycles. The third-order valence-electron chi connectivity index (χ3n) is 3.56. The smallest absolute Gasteiger partial charge is 0.308 e. The molecule has 0 amide bonds. The van der Waals surface area contributed by atoms with Crippen LogP contribution in [0.1, 0.15) is 18.4 Å². The Hall–Kier alpha value is -2.18. The number of hydrogen-bond acceptors (Lipinski definition) is 4. The highest BCUT2D eigenvalue weighted by Gasteiger charge is 2.29. The van der Waals surface area contributed by atoms with Crippen molar-refractivity contribution < 1.29 is 19.2 Å². The minimum Gasteiger partial charge on any atom is -0.481 e. The van der Waals surface area contributed by atoms with E-state index < -0.39 is 22.6 Å². The molecule has 1 fully saturated rings. The number of aliphatic carboxylic acids is 1. The van der Waals surface area contributed by atoms with Crippen LogP contribution in [0.2, 0.25) is 0 Å². The summed E-state index contributed by atoms with van der Waals surface area (Å²) in [7, 11) is 0. The lowest BCUT2D eigenvalue weighted by molar-refractivity contribution is -0.384. The van der Waals surface area contributed by atoms with Crippen LogP contribution in [0.3, 0.4) is 0 Å². The number of benzene rings is 1. The number of aryl methyl sites for hydroxylation is 1. The zero-order valence-corrected chi connectivity index (χ0v) is 11.0. The van der Waals surface area contributed by atoms with E-state index >= 15 is 0 Å². The predicted octanol–water partition coefficient (Wildman–Crippen LogP) is 2.34. The lowest BCUT2D eigenvalue weighted by Crippen LogP contribution is -2.39. The Morgan fingerprint density at radius 3 is 2.85 bits per heavy atom. The summed E-state index contributed by atoms with van der Waals surface area (Å²) in [6.07, 6.45) is 1.20. The third kappa shape index (κ3) is 2.71. The van der Waals surface area contributed by atoms with Gasteiger partial charge in [-0.15, -0.1) is 0 Å². The zero-order valence-electron chi connectivity index (χ0n) is 11.0. The molecule has 1 unspecified atom stereocenters. The van der Waals surface area contributed by atoms with Crippen molar-refractivity contribution in [3.63, 3.8) is 0 Å². The van der Waals surface area contributed by atoms with E-state index in [4.69, 9.17) is 5.11 Å². The van der Waals surface area contributed by atoms with Gasteiger partial charge in [0.1, 0.15) is 11.5 Å². The van der Waals surface area contributed by atoms with Gasteiger partial charge in [0.25, 0.3) is 5.69 Å². The number of nitro benzene ring substituents is 1. The fourth-order valence-electron chi connectivity index (χ4n) is 2.45. The second-order valence-electron chi connectivity index (χ2n) is 4.97. The van der Waals surface area contributed by atoms with Gasteiger partial charge >= 0.3 is 5.97 Å². The molecule has 0 aromatic heterocycles. The zero-order chi connectivity index (χ0) is 14.9. The van der Waals surface area contributed by atoms with Crippen molar-refractivity contribution in [3.05, 3.63) is 33.6 Å². The molecule has 1 aliphatic heterocycles. The molecule has 0 saturated carbocycles. The number of rotatable bonds is 3. The number of halogens is 1. The van der Waals surface area contributed by atoms with Crippen LogP contribution in [-0.2, 0) is 4.79 Å². The summed E-state index contributed by atoms with van der Waals surface area (Å²) in [6.45, 7) is 2.28. The standard InChI is InChI=1S/C13H15FN2O4/c1-8-5-11(12(16(19)20)6-10(8)14)15-4-2-3-9(7-15)13(17)18/h5-6,9H,2-4,7H2,1H3,(H,17,18). The number of carbonyl (C=O) groups is 1. The Labute approximate surface area is 115 Å². The number of carboxylic acids is 1. The summed E-state index contributed by atoms with van der Waals surface area (Å²) in [5, 5.41) is 20.1. The topological polar surface area (TPSA) is 83.7 Å². The quantitative estimate of drug-likeness (QED) is 0.679. The molecule has 0 spiro atoms. The largest absolute Gasteiger partial charge is 0.481 e. The van der Waals surface area contributed by atoms with Crippen molar-refractivity contribution in [2.75, 3.05) is 18.0 Å². The molecule has 20 heavy (non-hydrogen) atoms. The molecule has 1 aliphatic rings. The van der Waals surface area contributed by atoms with E-state index in [0.29, 0.717) is 30.6 Å². The van der Waals surface area contributed by atoms with Gasteiger partial charge in [0.2, 0.25) is 0 Å². The molecule has 1 atom stereocenters. The van der Waals surface area contributed by atoms with Gasteiger partial charge in [-0.2, -0.15) is 0 Å². The van der Waals surface area contributed by atoms with Gasteiger partial charge in [-0.05, 0) is 31.4 Å². The maximum absolute atomic E-state index is 13.5. The van der Waals surface area contributed by atoms with Gasteiger partial charge in [0, 0.05) is 13.1 Å². The lowest BCUT2D eigenvalue weighted by atomic mass is 9.97. The molecular weight excluding hydrogens is 267 g/mol. The van der Waals surface area contributed by atoms with Crippen LogP contribution < -0.4 is 4.90 Å². The van der Waals surface area contributed by atoms with Gasteiger partial charge in [0.15, 0.2) is 0 Å². The minimum atomic E-state index is -0.906. The van der Waals surface area contributed by atoms with Crippen molar-refractivity contribution in [2.24, 2.45) is 5.92 Å². The molecule has 7 heteroatoms. The number of hydrogen-bond donors (Lipinski definition) is 1. The number of nitro groups is 1. The van der Waals surface area contributed by atoms with Gasteiger partial charge in [-0.3, -0.25) is 14.9 Å². The first-order valence-corrected chi connectivity index (χ1v) is 6.32. The average Bonchev–Trinajstić information content (AvgIpc) is 2.41. The predicted molar refractivity (Wildman–Crippen MR) is 70.4 cm³/mol. The van der Waals surface area contributed by atoms with Gasteiger partial charge in [0.05, 0.1) is 16.9 Å². The minimum absolute atomic E-state index is 0.210. The number of anilines is 1. The van der Waals surface area contributed by atoms with Gasteiger partial charge < -0.3 is 10.0 Å². The lowest BCUT2D eigenvalue weighted by Gasteiger charge is -2.32. The maximum Gasteiger partial charge on any atom is 0.308 e. The number of nitrogens with zero attached hydrogens (tertiary/aromatic N) is 2. The summed E-state index contributed by atoms with van der Waals surface area (Å²) in [6, 6.07) is 2.31. The van der Waals surface area contributed by atoms with Crippen LogP contribution in [-0.4, -0.2) is 29.1 Å². The van der Waals surface area contributed by atoms with Gasteiger partial charge in [-0.25, -0.2) is 4.39 Å². The van der Waals surface area contributed by atoms with Crippen LogP contribution in [0.4, 0.5) is 15.8 Å². The first-order chi connectivity index (χ1) is 9.40. The molecule has 1 aromatic rings. The van der Waals surface area contributed by atoms with E-state index in [1.165, 1.54) is 13.0 Å². The normalized spacial score (nSPS) is 18.9. The molecule has 6 nitrogen and oxygen atoms in total. The molecule has 0 aliphatic carbocycles. The van der Waals surface area contributed by atoms with Crippen molar-refractivity contribution in [3.8, 4) is 0 Å². The molecule has 1 aromatic carbocycles. The summed E-state index contributed by atoms with van der Waals surface area (Å²) in [4.78, 5) is 23.1. The Kier molecular flexibility index (Phi) is 3.87. The monoisotopic (exact) mass is 282 g/mol. The Morgan fingerprint density at radius 2 is 2.25 bits per heavy atom. The second kappa shape index (κ2) is 5.44. The number of carboxylic acid groups (broad SMARTS) is 1. The molecule has 0 radical (unpaired) electrons. The van der Waals surface area contributed by atoms with Crippen LogP contribution in [0, 0.1) is 28.8 Å². The second-order valence-corrected chi connectivity index (χ2v) is 4.97. The molecular formula is C13H15FN2O4. The van der Waals surface area contributed by atoms with Crippen molar-refractivity contribution in [1.82, 2.24) is 0 Å². The van der Waals surface area contributed by atoms with Crippen LogP contribution >= 0.6 is 0 Å². The molecule has 1 N–H and O–H groups in total. The Morgan fingerprint density at radius 1 is 1.55 bits per heavy atom. The highest BCUT2D eigenvalue weighted by molar-refractivity contribution is 5.72. The SMILES string of the molecule is Cc1cc(N2CCCC(C(=O)O)C2)c([N+](=O)[O-])cc1F. The van der Waals surface area contributed by atoms with Gasteiger partial charge in [-0.1, -0.05) is 0 Å². The van der Waals surface area contributed by atoms with Crippen molar-refractivity contribution in [2.45, 2.75) is 19.8 Å². The van der Waals surface area contributed by atoms with Crippen LogP contribution in [0.5, 0.6) is 0 Å². The van der Waals surface area contributed by atoms with E-state index in [9.17, 15) is 19.3 Å². The summed E-state index contributed by atoms with van der Waals surface area (Å²) < 4.78 is 13.5. The van der Waals surface area contributed by atoms with E-state index in [1.54, 1.807) is 4.90 Å². The fraction of sp³-hybridized carbons (Fsp3) is 0.462. The third-order valence-corrected chi connectivity index (χ3v) is 3.56. The van der Waals surface area contributed by atoms with Crippen LogP contribution in [0.25, 0.3) is 0 Å². The van der Waals surface area contributed by atoms with Crippen molar-refractivity contribution >= 4 is 17.3 Å². The summed E-state index contributed by atoms with van der Waals surface area (Å²) in [5.74, 6) is -2.09. The van der Waals surface area contributed by atoms with E-state index in [1.807, 2.05) is 0 Å².